The standard InChI is InChI=1S/C25H39N5O2/c31-24-17-22(26-23-7-3-1-6-13-30(23)24)20-8-16-29(18-20)25(32)19-27-14-9-21(10-15-27)28-11-4-2-5-12-28/h17,20-21H,1-16,18-19H2/t20-/m1/s1. The molecule has 0 aliphatic carbocycles. The molecule has 3 fully saturated rings. The molecule has 7 nitrogen and oxygen atoms in total. The maximum absolute atomic E-state index is 13.0. The van der Waals surface area contributed by atoms with Crippen molar-refractivity contribution in [2.75, 3.05) is 45.8 Å². The number of carbonyl (C=O) groups excluding carboxylic acids is 1. The van der Waals surface area contributed by atoms with Crippen molar-refractivity contribution in [2.24, 2.45) is 0 Å². The molecule has 32 heavy (non-hydrogen) atoms. The van der Waals surface area contributed by atoms with Gasteiger partial charge in [-0.15, -0.1) is 0 Å². The van der Waals surface area contributed by atoms with E-state index in [0.717, 1.165) is 69.4 Å². The molecule has 4 aliphatic heterocycles. The fourth-order valence-electron chi connectivity index (χ4n) is 6.19. The van der Waals surface area contributed by atoms with Crippen molar-refractivity contribution in [3.05, 3.63) is 27.9 Å². The molecular formula is C25H39N5O2. The first kappa shape index (κ1) is 22.1. The minimum Gasteiger partial charge on any atom is -0.341 e. The van der Waals surface area contributed by atoms with E-state index in [1.54, 1.807) is 6.07 Å². The fraction of sp³-hybridized carbons (Fsp3) is 0.800. The third kappa shape index (κ3) is 4.93. The normalized spacial score (nSPS) is 26.1. The van der Waals surface area contributed by atoms with Crippen LogP contribution in [0, 0.1) is 0 Å². The number of aromatic nitrogens is 2. The summed E-state index contributed by atoms with van der Waals surface area (Å²) in [6, 6.07) is 2.45. The first-order chi connectivity index (χ1) is 15.7. The molecule has 1 aromatic heterocycles. The highest BCUT2D eigenvalue weighted by Crippen LogP contribution is 2.27. The second-order valence-corrected chi connectivity index (χ2v) is 10.3. The lowest BCUT2D eigenvalue weighted by atomic mass is 10.00. The molecule has 7 heteroatoms. The van der Waals surface area contributed by atoms with Gasteiger partial charge in [0.2, 0.25) is 5.91 Å². The number of aryl methyl sites for hydroxylation is 1. The van der Waals surface area contributed by atoms with Gasteiger partial charge in [-0.25, -0.2) is 4.98 Å². The molecule has 3 saturated heterocycles. The Kier molecular flexibility index (Phi) is 6.93. The van der Waals surface area contributed by atoms with Gasteiger partial charge in [0.15, 0.2) is 0 Å². The Hall–Kier alpha value is -1.73. The van der Waals surface area contributed by atoms with E-state index in [-0.39, 0.29) is 17.4 Å². The Labute approximate surface area is 191 Å². The summed E-state index contributed by atoms with van der Waals surface area (Å²) in [5.41, 5.74) is 0.994. The van der Waals surface area contributed by atoms with E-state index >= 15 is 0 Å². The molecule has 0 unspecified atom stereocenters. The molecule has 1 aromatic rings. The summed E-state index contributed by atoms with van der Waals surface area (Å²) in [4.78, 5) is 37.6. The topological polar surface area (TPSA) is 61.7 Å². The highest BCUT2D eigenvalue weighted by atomic mass is 16.2. The predicted octanol–water partition coefficient (Wildman–Crippen LogP) is 2.24. The lowest BCUT2D eigenvalue weighted by molar-refractivity contribution is -0.131. The van der Waals surface area contributed by atoms with E-state index in [1.807, 2.05) is 9.47 Å². The molecule has 0 N–H and O–H groups in total. The Morgan fingerprint density at radius 1 is 0.906 bits per heavy atom. The van der Waals surface area contributed by atoms with Crippen LogP contribution >= 0.6 is 0 Å². The summed E-state index contributed by atoms with van der Waals surface area (Å²) in [5, 5.41) is 0. The maximum atomic E-state index is 13.0. The van der Waals surface area contributed by atoms with Crippen molar-refractivity contribution in [1.29, 1.82) is 0 Å². The van der Waals surface area contributed by atoms with Crippen LogP contribution in [0.2, 0.25) is 0 Å². The van der Waals surface area contributed by atoms with Gasteiger partial charge in [0, 0.05) is 57.2 Å². The number of rotatable bonds is 4. The average molecular weight is 442 g/mol. The molecule has 5 rings (SSSR count). The zero-order chi connectivity index (χ0) is 21.9. The van der Waals surface area contributed by atoms with Crippen LogP contribution in [0.25, 0.3) is 0 Å². The van der Waals surface area contributed by atoms with Gasteiger partial charge in [-0.1, -0.05) is 12.8 Å². The zero-order valence-corrected chi connectivity index (χ0v) is 19.5. The first-order valence-corrected chi connectivity index (χ1v) is 13.0. The van der Waals surface area contributed by atoms with Crippen molar-refractivity contribution in [3.63, 3.8) is 0 Å². The number of piperidine rings is 2. The second-order valence-electron chi connectivity index (χ2n) is 10.3. The third-order valence-electron chi connectivity index (χ3n) is 8.17. The minimum atomic E-state index is 0.0910. The Balaban J connectivity index is 1.13. The highest BCUT2D eigenvalue weighted by Gasteiger charge is 2.31. The van der Waals surface area contributed by atoms with Gasteiger partial charge < -0.3 is 9.80 Å². The second kappa shape index (κ2) is 10.0. The van der Waals surface area contributed by atoms with Crippen LogP contribution in [0.15, 0.2) is 10.9 Å². The average Bonchev–Trinajstić information content (AvgIpc) is 3.20. The fourth-order valence-corrected chi connectivity index (χ4v) is 6.19. The molecule has 0 aromatic carbocycles. The van der Waals surface area contributed by atoms with Crippen LogP contribution < -0.4 is 5.56 Å². The Morgan fingerprint density at radius 2 is 1.66 bits per heavy atom. The zero-order valence-electron chi connectivity index (χ0n) is 19.5. The molecular weight excluding hydrogens is 402 g/mol. The maximum Gasteiger partial charge on any atom is 0.253 e. The number of carbonyl (C=O) groups is 1. The number of amides is 1. The monoisotopic (exact) mass is 441 g/mol. The number of hydrogen-bond donors (Lipinski definition) is 0. The van der Waals surface area contributed by atoms with Gasteiger partial charge in [-0.2, -0.15) is 0 Å². The minimum absolute atomic E-state index is 0.0910. The largest absolute Gasteiger partial charge is 0.341 e. The van der Waals surface area contributed by atoms with Crippen molar-refractivity contribution < 1.29 is 4.79 Å². The SMILES string of the molecule is O=C(CN1CCC(N2CCCCC2)CC1)N1CC[C@@H](c2cc(=O)n3c(n2)CCCCC3)C1. The van der Waals surface area contributed by atoms with E-state index in [9.17, 15) is 9.59 Å². The van der Waals surface area contributed by atoms with Crippen LogP contribution in [-0.4, -0.2) is 82.0 Å². The summed E-state index contributed by atoms with van der Waals surface area (Å²) in [5.74, 6) is 1.40. The molecule has 0 spiro atoms. The summed E-state index contributed by atoms with van der Waals surface area (Å²) in [6.45, 7) is 7.43. The number of likely N-dealkylation sites (tertiary alicyclic amines) is 3. The van der Waals surface area contributed by atoms with Gasteiger partial charge >= 0.3 is 0 Å². The van der Waals surface area contributed by atoms with Gasteiger partial charge in [-0.3, -0.25) is 19.1 Å². The highest BCUT2D eigenvalue weighted by molar-refractivity contribution is 5.78. The van der Waals surface area contributed by atoms with Gasteiger partial charge in [0.25, 0.3) is 5.56 Å². The van der Waals surface area contributed by atoms with E-state index in [1.165, 1.54) is 51.6 Å². The Morgan fingerprint density at radius 3 is 2.47 bits per heavy atom. The number of fused-ring (bicyclic) bond motifs is 1. The quantitative estimate of drug-likeness (QED) is 0.717. The molecule has 4 aliphatic rings. The van der Waals surface area contributed by atoms with Crippen molar-refractivity contribution in [3.8, 4) is 0 Å². The predicted molar refractivity (Wildman–Crippen MR) is 125 cm³/mol. The summed E-state index contributed by atoms with van der Waals surface area (Å²) in [7, 11) is 0. The van der Waals surface area contributed by atoms with Crippen LogP contribution in [0.5, 0.6) is 0 Å². The molecule has 5 heterocycles. The number of nitrogens with zero attached hydrogens (tertiary/aromatic N) is 5. The lowest BCUT2D eigenvalue weighted by Crippen LogP contribution is -2.49. The summed E-state index contributed by atoms with van der Waals surface area (Å²) < 4.78 is 1.86. The van der Waals surface area contributed by atoms with Crippen LogP contribution in [0.3, 0.4) is 0 Å². The van der Waals surface area contributed by atoms with Crippen LogP contribution in [0.4, 0.5) is 0 Å². The Bertz CT molecular complexity index is 854. The van der Waals surface area contributed by atoms with E-state index < -0.39 is 0 Å². The van der Waals surface area contributed by atoms with E-state index in [4.69, 9.17) is 4.98 Å². The molecule has 0 saturated carbocycles. The molecule has 1 amide bonds. The van der Waals surface area contributed by atoms with Crippen molar-refractivity contribution in [1.82, 2.24) is 24.3 Å². The molecule has 0 radical (unpaired) electrons. The van der Waals surface area contributed by atoms with Crippen LogP contribution in [0.1, 0.15) is 75.2 Å². The van der Waals surface area contributed by atoms with Crippen molar-refractivity contribution in [2.45, 2.75) is 82.7 Å². The third-order valence-corrected chi connectivity index (χ3v) is 8.17. The smallest absolute Gasteiger partial charge is 0.253 e. The number of hydrogen-bond acceptors (Lipinski definition) is 5. The van der Waals surface area contributed by atoms with Crippen LogP contribution in [-0.2, 0) is 17.8 Å². The van der Waals surface area contributed by atoms with Gasteiger partial charge in [0.05, 0.1) is 12.2 Å². The molecule has 1 atom stereocenters. The van der Waals surface area contributed by atoms with Crippen molar-refractivity contribution >= 4 is 5.91 Å². The lowest BCUT2D eigenvalue weighted by Gasteiger charge is -2.40. The molecule has 0 bridgehead atoms. The molecule has 176 valence electrons. The summed E-state index contributed by atoms with van der Waals surface area (Å²) >= 11 is 0. The summed E-state index contributed by atoms with van der Waals surface area (Å²) in [6.07, 6.45) is 11.6. The van der Waals surface area contributed by atoms with Gasteiger partial charge in [-0.05, 0) is 58.0 Å². The first-order valence-electron chi connectivity index (χ1n) is 13.0. The van der Waals surface area contributed by atoms with E-state index in [2.05, 4.69) is 9.80 Å². The van der Waals surface area contributed by atoms with Gasteiger partial charge in [0.1, 0.15) is 5.82 Å². The van der Waals surface area contributed by atoms with E-state index in [0.29, 0.717) is 13.1 Å².